The molecule has 3 aromatic rings. The van der Waals surface area contributed by atoms with Crippen molar-refractivity contribution in [1.29, 1.82) is 0 Å². The van der Waals surface area contributed by atoms with E-state index in [1.54, 1.807) is 19.2 Å². The minimum Gasteiger partial charge on any atom is -0.507 e. The van der Waals surface area contributed by atoms with Crippen molar-refractivity contribution in [3.8, 4) is 23.0 Å². The first-order valence-corrected chi connectivity index (χ1v) is 11.3. The molecule has 5 heteroatoms. The van der Waals surface area contributed by atoms with Gasteiger partial charge in [0.1, 0.15) is 11.5 Å². The molecule has 11 rings (SSSR count). The number of benzene rings is 3. The predicted octanol–water partition coefficient (Wildman–Crippen LogP) is 5.39. The molecule has 34 heavy (non-hydrogen) atoms. The standard InChI is InChI=1S/C29H24O5/c1-33-28-17-20-3-2-19-7-12-23(26(32)16-19)29-22(24(30)13-14-25(29)31)11-6-18-4-9-21(10-5-18)34-27(28)15-8-20/h4-5,7-10,12-17,32H,2-3,6,11H2,1H3. The second kappa shape index (κ2) is 9.02. The van der Waals surface area contributed by atoms with Crippen LogP contribution < -0.4 is 9.47 Å². The average Bonchev–Trinajstić information content (AvgIpc) is 2.85. The summed E-state index contributed by atoms with van der Waals surface area (Å²) >= 11 is 0. The van der Waals surface area contributed by atoms with Crippen LogP contribution in [0.2, 0.25) is 0 Å². The number of ketones is 2. The van der Waals surface area contributed by atoms with Crippen LogP contribution in [0.4, 0.5) is 0 Å². The van der Waals surface area contributed by atoms with Gasteiger partial charge in [0.05, 0.1) is 7.11 Å². The monoisotopic (exact) mass is 452 g/mol. The van der Waals surface area contributed by atoms with Gasteiger partial charge in [-0.2, -0.15) is 0 Å². The Morgan fingerprint density at radius 1 is 0.765 bits per heavy atom. The van der Waals surface area contributed by atoms with Gasteiger partial charge in [0.2, 0.25) is 0 Å². The SMILES string of the molecule is COc1cc2ccc1Oc1ccc(cc1)CCC1=C(C(=O)C=CC1=O)c1ccc(cc1O)CC2. The molecule has 0 unspecified atom stereocenters. The van der Waals surface area contributed by atoms with Gasteiger partial charge in [-0.05, 0) is 84.9 Å². The number of aryl methyl sites for hydroxylation is 3. The van der Waals surface area contributed by atoms with E-state index >= 15 is 0 Å². The maximum atomic E-state index is 12.8. The van der Waals surface area contributed by atoms with Crippen LogP contribution in [0.3, 0.4) is 0 Å². The molecule has 7 aliphatic heterocycles. The van der Waals surface area contributed by atoms with E-state index in [0.717, 1.165) is 23.1 Å². The Hall–Kier alpha value is -4.12. The summed E-state index contributed by atoms with van der Waals surface area (Å²) in [6, 6.07) is 18.8. The van der Waals surface area contributed by atoms with Crippen molar-refractivity contribution in [2.75, 3.05) is 7.11 Å². The van der Waals surface area contributed by atoms with Crippen LogP contribution in [0, 0.1) is 0 Å². The molecule has 8 aliphatic rings. The van der Waals surface area contributed by atoms with E-state index in [9.17, 15) is 14.7 Å². The number of methoxy groups -OCH3 is 1. The van der Waals surface area contributed by atoms with Gasteiger partial charge in [-0.25, -0.2) is 0 Å². The molecule has 0 amide bonds. The van der Waals surface area contributed by atoms with Crippen molar-refractivity contribution in [3.63, 3.8) is 0 Å². The van der Waals surface area contributed by atoms with Gasteiger partial charge in [0, 0.05) is 16.7 Å². The number of phenols is 1. The highest BCUT2D eigenvalue weighted by Gasteiger charge is 2.26. The largest absolute Gasteiger partial charge is 0.507 e. The van der Waals surface area contributed by atoms with E-state index in [0.29, 0.717) is 47.6 Å². The highest BCUT2D eigenvalue weighted by Crippen LogP contribution is 2.36. The van der Waals surface area contributed by atoms with Gasteiger partial charge < -0.3 is 14.6 Å². The number of hydrogen-bond donors (Lipinski definition) is 1. The summed E-state index contributed by atoms with van der Waals surface area (Å²) < 4.78 is 11.6. The summed E-state index contributed by atoms with van der Waals surface area (Å²) in [5.41, 5.74) is 4.13. The Kier molecular flexibility index (Phi) is 5.76. The summed E-state index contributed by atoms with van der Waals surface area (Å²) in [6.07, 6.45) is 4.99. The number of carbonyl (C=O) groups excluding carboxylic acids is 2. The third-order valence-corrected chi connectivity index (χ3v) is 6.31. The molecule has 0 atom stereocenters. The molecule has 0 fully saturated rings. The molecule has 5 nitrogen and oxygen atoms in total. The number of aromatic hydroxyl groups is 1. The van der Waals surface area contributed by atoms with Crippen molar-refractivity contribution in [2.45, 2.75) is 25.7 Å². The van der Waals surface area contributed by atoms with Crippen molar-refractivity contribution in [3.05, 3.63) is 101 Å². The Morgan fingerprint density at radius 3 is 2.15 bits per heavy atom. The highest BCUT2D eigenvalue weighted by molar-refractivity contribution is 6.36. The maximum Gasteiger partial charge on any atom is 0.187 e. The average molecular weight is 453 g/mol. The lowest BCUT2D eigenvalue weighted by atomic mass is 9.85. The van der Waals surface area contributed by atoms with Crippen molar-refractivity contribution in [1.82, 2.24) is 0 Å². The number of ether oxygens (including phenoxy) is 2. The number of phenolic OH excluding ortho intramolecular Hbond substituents is 1. The first kappa shape index (κ1) is 21.7. The lowest BCUT2D eigenvalue weighted by Crippen LogP contribution is -2.15. The molecule has 7 heterocycles. The zero-order valence-electron chi connectivity index (χ0n) is 18.8. The van der Waals surface area contributed by atoms with Crippen LogP contribution in [0.15, 0.2) is 78.4 Å². The Labute approximate surface area is 198 Å². The van der Waals surface area contributed by atoms with Crippen molar-refractivity contribution in [2.24, 2.45) is 0 Å². The zero-order valence-corrected chi connectivity index (χ0v) is 18.8. The fourth-order valence-electron chi connectivity index (χ4n) is 4.46. The molecule has 0 aromatic heterocycles. The summed E-state index contributed by atoms with van der Waals surface area (Å²) in [5, 5.41) is 10.8. The fourth-order valence-corrected chi connectivity index (χ4v) is 4.46. The van der Waals surface area contributed by atoms with E-state index < -0.39 is 0 Å². The Bertz CT molecular complexity index is 1350. The fraction of sp³-hybridized carbons (Fsp3) is 0.172. The molecule has 0 saturated carbocycles. The van der Waals surface area contributed by atoms with Crippen LogP contribution in [0.25, 0.3) is 5.57 Å². The number of allylic oxidation sites excluding steroid dienone is 4. The minimum atomic E-state index is -0.265. The van der Waals surface area contributed by atoms with Crippen LogP contribution in [-0.4, -0.2) is 23.8 Å². The lowest BCUT2D eigenvalue weighted by molar-refractivity contribution is -0.114. The third kappa shape index (κ3) is 4.25. The summed E-state index contributed by atoms with van der Waals surface area (Å²) in [7, 11) is 1.62. The van der Waals surface area contributed by atoms with Crippen LogP contribution in [0.5, 0.6) is 23.0 Å². The summed E-state index contributed by atoms with van der Waals surface area (Å²) in [4.78, 5) is 25.5. The van der Waals surface area contributed by atoms with Gasteiger partial charge in [0.25, 0.3) is 0 Å². The van der Waals surface area contributed by atoms with Crippen molar-refractivity contribution < 1.29 is 24.2 Å². The Morgan fingerprint density at radius 2 is 1.41 bits per heavy atom. The molecule has 0 saturated heterocycles. The first-order valence-electron chi connectivity index (χ1n) is 11.3. The van der Waals surface area contributed by atoms with Gasteiger partial charge in [-0.1, -0.05) is 30.3 Å². The van der Waals surface area contributed by atoms with Crippen LogP contribution in [-0.2, 0) is 28.9 Å². The zero-order chi connectivity index (χ0) is 23.7. The maximum absolute atomic E-state index is 12.8. The smallest absolute Gasteiger partial charge is 0.187 e. The number of hydrogen-bond acceptors (Lipinski definition) is 5. The van der Waals surface area contributed by atoms with Gasteiger partial charge >= 0.3 is 0 Å². The van der Waals surface area contributed by atoms with Gasteiger partial charge in [-0.3, -0.25) is 9.59 Å². The minimum absolute atomic E-state index is 0.00467. The van der Waals surface area contributed by atoms with Crippen LogP contribution in [0.1, 0.15) is 28.7 Å². The normalized spacial score (nSPS) is 15.6. The molecule has 6 bridgehead atoms. The predicted molar refractivity (Wildman–Crippen MR) is 129 cm³/mol. The molecule has 1 N–H and O–H groups in total. The lowest BCUT2D eigenvalue weighted by Gasteiger charge is -2.17. The van der Waals surface area contributed by atoms with Crippen LogP contribution >= 0.6 is 0 Å². The molecular weight excluding hydrogens is 428 g/mol. The van der Waals surface area contributed by atoms with Crippen molar-refractivity contribution >= 4 is 17.1 Å². The first-order chi connectivity index (χ1) is 16.5. The molecule has 0 radical (unpaired) electrons. The summed E-state index contributed by atoms with van der Waals surface area (Å²) in [5.74, 6) is 1.51. The second-order valence-corrected chi connectivity index (χ2v) is 8.50. The third-order valence-electron chi connectivity index (χ3n) is 6.31. The van der Waals surface area contributed by atoms with Gasteiger partial charge in [-0.15, -0.1) is 0 Å². The van der Waals surface area contributed by atoms with E-state index in [1.165, 1.54) is 12.2 Å². The van der Waals surface area contributed by atoms with E-state index in [-0.39, 0.29) is 22.9 Å². The topological polar surface area (TPSA) is 72.8 Å². The second-order valence-electron chi connectivity index (χ2n) is 8.50. The van der Waals surface area contributed by atoms with Gasteiger partial charge in [0.15, 0.2) is 23.1 Å². The Balaban J connectivity index is 1.60. The molecule has 170 valence electrons. The van der Waals surface area contributed by atoms with E-state index in [1.807, 2.05) is 48.5 Å². The molecular formula is C29H24O5. The summed E-state index contributed by atoms with van der Waals surface area (Å²) in [6.45, 7) is 0. The van der Waals surface area contributed by atoms with E-state index in [4.69, 9.17) is 9.47 Å². The molecule has 0 spiro atoms. The number of rotatable bonds is 1. The quantitative estimate of drug-likeness (QED) is 0.502. The highest BCUT2D eigenvalue weighted by atomic mass is 16.5. The molecule has 1 aliphatic carbocycles. The van der Waals surface area contributed by atoms with E-state index in [2.05, 4.69) is 0 Å². The molecule has 3 aromatic carbocycles. The number of carbonyl (C=O) groups is 2.